The molecule has 0 amide bonds. The van der Waals surface area contributed by atoms with Gasteiger partial charge in [0.25, 0.3) is 20.0 Å². The van der Waals surface area contributed by atoms with E-state index in [0.717, 1.165) is 18.2 Å². The molecule has 21 heteroatoms. The smallest absolute Gasteiger partial charge is 0.338 e. The summed E-state index contributed by atoms with van der Waals surface area (Å²) in [5, 5.41) is 9.07. The third-order valence-corrected chi connectivity index (χ3v) is 12.7. The van der Waals surface area contributed by atoms with Crippen LogP contribution in [0.5, 0.6) is 46.0 Å². The summed E-state index contributed by atoms with van der Waals surface area (Å²) >= 11 is 0. The zero-order valence-corrected chi connectivity index (χ0v) is 40.9. The molecule has 0 atom stereocenters. The molecule has 6 rings (SSSR count). The highest BCUT2D eigenvalue weighted by Crippen LogP contribution is 2.45. The third kappa shape index (κ3) is 12.7. The van der Waals surface area contributed by atoms with Crippen molar-refractivity contribution in [2.24, 2.45) is 0 Å². The fraction of sp³-hybridized carbons (Fsp3) is 0.265. The number of para-hydroxylation sites is 4. The largest absolute Gasteiger partial charge is 0.493 e. The molecule has 0 aliphatic rings. The monoisotopic (exact) mass is 1000 g/mol. The predicted octanol–water partition coefficient (Wildman–Crippen LogP) is 8.32. The number of hydrogen-bond donors (Lipinski definition) is 3. The molecule has 4 aromatic carbocycles. The molecule has 0 saturated heterocycles. The molecule has 370 valence electrons. The minimum atomic E-state index is -4.44. The van der Waals surface area contributed by atoms with E-state index < -0.39 is 51.8 Å². The predicted molar refractivity (Wildman–Crippen MR) is 257 cm³/mol. The van der Waals surface area contributed by atoms with E-state index in [2.05, 4.69) is 19.4 Å². The van der Waals surface area contributed by atoms with Crippen molar-refractivity contribution in [3.8, 4) is 46.0 Å². The zero-order chi connectivity index (χ0) is 50.6. The number of rotatable bonds is 23. The number of esters is 2. The first-order valence-electron chi connectivity index (χ1n) is 21.6. The number of aromatic nitrogens is 2. The van der Waals surface area contributed by atoms with Gasteiger partial charge in [0.1, 0.15) is 19.8 Å². The highest BCUT2D eigenvalue weighted by molar-refractivity contribution is 7.93. The average Bonchev–Trinajstić information content (AvgIpc) is 3.35. The van der Waals surface area contributed by atoms with Crippen LogP contribution in [0, 0.1) is 0 Å². The molecule has 2 aromatic heterocycles. The number of carbonyl (C=O) groups is 2. The Bertz CT molecular complexity index is 3020. The van der Waals surface area contributed by atoms with Gasteiger partial charge >= 0.3 is 11.9 Å². The van der Waals surface area contributed by atoms with Crippen molar-refractivity contribution in [3.05, 3.63) is 132 Å². The number of nitrogens with zero attached hydrogens (tertiary/aromatic N) is 2. The molecule has 70 heavy (non-hydrogen) atoms. The standard InChI is InChI=1S/C49H52N4O15S2/c1-30(2)32-16-18-44(50-28-32)69(57,58)52-36-24-34(48(55)63-7)26-43(47(36)68-41-15-11-9-13-39(41)62-6)65-22-23-66-49(56)35-25-37(53-70(59,60)45-19-17-33(29-51-45)31(3)4)46(42(27-35)64-21-20-54)67-40-14-10-8-12-38(40)61-5/h8-19,24-31,52-54H,20-23H2,1-7H3. The lowest BCUT2D eigenvalue weighted by Crippen LogP contribution is -2.18. The van der Waals surface area contributed by atoms with Gasteiger partial charge in [0, 0.05) is 12.4 Å². The van der Waals surface area contributed by atoms with Gasteiger partial charge in [-0.25, -0.2) is 19.6 Å². The number of hydrogen-bond acceptors (Lipinski definition) is 17. The van der Waals surface area contributed by atoms with Crippen molar-refractivity contribution in [2.75, 3.05) is 57.2 Å². The Kier molecular flexibility index (Phi) is 17.1. The van der Waals surface area contributed by atoms with E-state index >= 15 is 0 Å². The Hall–Kier alpha value is -7.62. The maximum absolute atomic E-state index is 13.9. The minimum Gasteiger partial charge on any atom is -0.493 e. The van der Waals surface area contributed by atoms with Crippen LogP contribution >= 0.6 is 0 Å². The van der Waals surface area contributed by atoms with Gasteiger partial charge in [-0.1, -0.05) is 64.1 Å². The summed E-state index contributed by atoms with van der Waals surface area (Å²) in [6.45, 7) is 6.11. The normalized spacial score (nSPS) is 11.4. The van der Waals surface area contributed by atoms with Crippen LogP contribution in [0.4, 0.5) is 11.4 Å². The van der Waals surface area contributed by atoms with E-state index in [1.807, 2.05) is 27.7 Å². The number of aliphatic hydroxyl groups is 1. The van der Waals surface area contributed by atoms with Crippen LogP contribution in [-0.4, -0.2) is 91.6 Å². The van der Waals surface area contributed by atoms with Crippen molar-refractivity contribution in [1.29, 1.82) is 0 Å². The molecule has 0 radical (unpaired) electrons. The summed E-state index contributed by atoms with van der Waals surface area (Å²) in [4.78, 5) is 35.2. The molecular formula is C49H52N4O15S2. The minimum absolute atomic E-state index is 0.0747. The second-order valence-electron chi connectivity index (χ2n) is 15.6. The summed E-state index contributed by atoms with van der Waals surface area (Å²) in [7, 11) is -4.90. The van der Waals surface area contributed by atoms with Crippen LogP contribution in [0.15, 0.2) is 120 Å². The second kappa shape index (κ2) is 23.1. The van der Waals surface area contributed by atoms with Crippen molar-refractivity contribution in [3.63, 3.8) is 0 Å². The number of benzene rings is 4. The highest BCUT2D eigenvalue weighted by Gasteiger charge is 2.28. The van der Waals surface area contributed by atoms with Gasteiger partial charge in [-0.05, 0) is 83.6 Å². The molecule has 6 aromatic rings. The van der Waals surface area contributed by atoms with Crippen LogP contribution in [0.25, 0.3) is 0 Å². The number of nitrogens with one attached hydrogen (secondary N) is 2. The first kappa shape index (κ1) is 51.8. The quantitative estimate of drug-likeness (QED) is 0.0403. The summed E-state index contributed by atoms with van der Waals surface area (Å²) in [5.74, 6) is -1.60. The number of aliphatic hydroxyl groups excluding tert-OH is 1. The van der Waals surface area contributed by atoms with Gasteiger partial charge in [0.15, 0.2) is 56.0 Å². The van der Waals surface area contributed by atoms with E-state index in [1.54, 1.807) is 60.7 Å². The SMILES string of the molecule is COC(=O)c1cc(NS(=O)(=O)c2ccc(C(C)C)cn2)c(Oc2ccccc2OC)c(OCCOC(=O)c2cc(NS(=O)(=O)c3ccc(C(C)C)cn3)c(Oc3ccccc3OC)c(OCCO)c2)c1. The Balaban J connectivity index is 1.34. The van der Waals surface area contributed by atoms with E-state index in [-0.39, 0.29) is 97.0 Å². The Morgan fingerprint density at radius 1 is 0.557 bits per heavy atom. The molecule has 0 bridgehead atoms. The summed E-state index contributed by atoms with van der Waals surface area (Å²) in [6, 6.07) is 23.9. The van der Waals surface area contributed by atoms with Crippen molar-refractivity contribution in [2.45, 2.75) is 49.6 Å². The molecule has 2 heterocycles. The second-order valence-corrected chi connectivity index (χ2v) is 18.9. The first-order chi connectivity index (χ1) is 33.5. The number of anilines is 2. The zero-order valence-electron chi connectivity index (χ0n) is 39.2. The highest BCUT2D eigenvalue weighted by atomic mass is 32.2. The summed E-state index contributed by atoms with van der Waals surface area (Å²) < 4.78 is 106. The fourth-order valence-corrected chi connectivity index (χ4v) is 8.43. The van der Waals surface area contributed by atoms with Crippen molar-refractivity contribution in [1.82, 2.24) is 9.97 Å². The van der Waals surface area contributed by atoms with Gasteiger partial charge in [-0.2, -0.15) is 16.8 Å². The van der Waals surface area contributed by atoms with E-state index in [1.165, 1.54) is 63.0 Å². The van der Waals surface area contributed by atoms with Gasteiger partial charge in [0.05, 0.1) is 50.4 Å². The molecule has 0 aliphatic carbocycles. The maximum atomic E-state index is 13.9. The number of carbonyl (C=O) groups excluding carboxylic acids is 2. The van der Waals surface area contributed by atoms with Crippen LogP contribution in [-0.2, 0) is 29.5 Å². The lowest BCUT2D eigenvalue weighted by molar-refractivity contribution is 0.0449. The maximum Gasteiger partial charge on any atom is 0.338 e. The molecule has 0 saturated carbocycles. The first-order valence-corrected chi connectivity index (χ1v) is 24.5. The van der Waals surface area contributed by atoms with Crippen molar-refractivity contribution >= 4 is 43.4 Å². The molecule has 0 unspecified atom stereocenters. The van der Waals surface area contributed by atoms with E-state index in [0.29, 0.717) is 0 Å². The lowest BCUT2D eigenvalue weighted by Gasteiger charge is -2.20. The third-order valence-electron chi connectivity index (χ3n) is 10.1. The topological polar surface area (TPSA) is 246 Å². The molecule has 19 nitrogen and oxygen atoms in total. The van der Waals surface area contributed by atoms with E-state index in [9.17, 15) is 31.5 Å². The Labute approximate surface area is 405 Å². The van der Waals surface area contributed by atoms with Crippen LogP contribution in [0.2, 0.25) is 0 Å². The van der Waals surface area contributed by atoms with Gasteiger partial charge in [0.2, 0.25) is 0 Å². The van der Waals surface area contributed by atoms with Gasteiger partial charge in [-0.3, -0.25) is 9.44 Å². The van der Waals surface area contributed by atoms with Gasteiger partial charge < -0.3 is 43.0 Å². The summed E-state index contributed by atoms with van der Waals surface area (Å²) in [5.41, 5.74) is 0.727. The molecule has 3 N–H and O–H groups in total. The molecule has 0 spiro atoms. The van der Waals surface area contributed by atoms with Crippen LogP contribution in [0.3, 0.4) is 0 Å². The molecular weight excluding hydrogens is 949 g/mol. The Morgan fingerprint density at radius 2 is 0.986 bits per heavy atom. The number of ether oxygens (including phenoxy) is 8. The Morgan fingerprint density at radius 3 is 1.37 bits per heavy atom. The lowest BCUT2D eigenvalue weighted by atomic mass is 10.1. The van der Waals surface area contributed by atoms with Crippen LogP contribution < -0.4 is 37.9 Å². The molecule has 0 aliphatic heterocycles. The number of methoxy groups -OCH3 is 3. The average molecular weight is 1000 g/mol. The van der Waals surface area contributed by atoms with E-state index in [4.69, 9.17) is 37.9 Å². The number of pyridine rings is 2. The molecule has 0 fully saturated rings. The van der Waals surface area contributed by atoms with Gasteiger partial charge in [-0.15, -0.1) is 0 Å². The summed E-state index contributed by atoms with van der Waals surface area (Å²) in [6.07, 6.45) is 2.89. The van der Waals surface area contributed by atoms with Crippen LogP contribution in [0.1, 0.15) is 71.4 Å². The number of sulfonamides is 2. The fourth-order valence-electron chi connectivity index (χ4n) is 6.46. The van der Waals surface area contributed by atoms with Crippen molar-refractivity contribution < 1.29 is 69.4 Å².